The van der Waals surface area contributed by atoms with Gasteiger partial charge in [0.25, 0.3) is 0 Å². The molecule has 28 heavy (non-hydrogen) atoms. The number of carbonyl (C=O) groups is 2. The Morgan fingerprint density at radius 2 is 1.82 bits per heavy atom. The molecular formula is C20H25N5O3. The summed E-state index contributed by atoms with van der Waals surface area (Å²) >= 11 is 0. The highest BCUT2D eigenvalue weighted by atomic mass is 16.5. The smallest absolute Gasteiger partial charge is 0.231 e. The van der Waals surface area contributed by atoms with Crippen LogP contribution in [0, 0.1) is 12.8 Å². The fourth-order valence-corrected chi connectivity index (χ4v) is 3.69. The molecule has 148 valence electrons. The zero-order valence-electron chi connectivity index (χ0n) is 16.2. The zero-order chi connectivity index (χ0) is 19.7. The van der Waals surface area contributed by atoms with Crippen LogP contribution in [-0.2, 0) is 9.59 Å². The molecule has 0 saturated carbocycles. The number of amides is 2. The number of nitrogens with one attached hydrogen (secondary N) is 1. The molecule has 3 heterocycles. The van der Waals surface area contributed by atoms with Crippen LogP contribution in [0.3, 0.4) is 0 Å². The topological polar surface area (TPSA) is 81.9 Å². The number of benzene rings is 1. The van der Waals surface area contributed by atoms with Crippen molar-refractivity contribution in [3.05, 3.63) is 36.1 Å². The minimum atomic E-state index is -0.401. The molecule has 2 saturated heterocycles. The number of anilines is 3. The van der Waals surface area contributed by atoms with Crippen molar-refractivity contribution < 1.29 is 14.1 Å². The summed E-state index contributed by atoms with van der Waals surface area (Å²) < 4.78 is 4.96. The van der Waals surface area contributed by atoms with E-state index in [1.54, 1.807) is 17.9 Å². The molecule has 1 unspecified atom stereocenters. The first-order valence-corrected chi connectivity index (χ1v) is 9.58. The van der Waals surface area contributed by atoms with Gasteiger partial charge in [0.05, 0.1) is 5.92 Å². The molecule has 2 aliphatic rings. The third kappa shape index (κ3) is 3.87. The minimum Gasteiger partial charge on any atom is -0.369 e. The van der Waals surface area contributed by atoms with Crippen molar-refractivity contribution >= 4 is 29.0 Å². The maximum absolute atomic E-state index is 12.5. The standard InChI is InChI=1S/C20H25N5O3/c1-14-11-18(22-28-14)21-20(27)15-12-19(26)25(13-15)17-5-3-16(4-6-17)24-9-7-23(2)8-10-24/h3-6,11,15H,7-10,12-13H2,1-2H3,(H,21,22,27). The van der Waals surface area contributed by atoms with E-state index in [-0.39, 0.29) is 18.2 Å². The van der Waals surface area contributed by atoms with Crippen LogP contribution in [0.1, 0.15) is 12.2 Å². The average molecular weight is 383 g/mol. The van der Waals surface area contributed by atoms with Crippen LogP contribution in [0.5, 0.6) is 0 Å². The molecule has 8 nitrogen and oxygen atoms in total. The molecule has 8 heteroatoms. The van der Waals surface area contributed by atoms with E-state index in [0.29, 0.717) is 18.1 Å². The molecule has 4 rings (SSSR count). The monoisotopic (exact) mass is 383 g/mol. The number of hydrogen-bond donors (Lipinski definition) is 1. The maximum atomic E-state index is 12.5. The van der Waals surface area contributed by atoms with Gasteiger partial charge in [-0.25, -0.2) is 0 Å². The van der Waals surface area contributed by atoms with Crippen molar-refractivity contribution in [1.82, 2.24) is 10.1 Å². The Labute approximate surface area is 164 Å². The number of carbonyl (C=O) groups excluding carboxylic acids is 2. The van der Waals surface area contributed by atoms with Crippen molar-refractivity contribution in [2.24, 2.45) is 5.92 Å². The number of aryl methyl sites for hydroxylation is 1. The van der Waals surface area contributed by atoms with Gasteiger partial charge in [0.2, 0.25) is 11.8 Å². The summed E-state index contributed by atoms with van der Waals surface area (Å²) in [7, 11) is 2.13. The third-order valence-electron chi connectivity index (χ3n) is 5.40. The lowest BCUT2D eigenvalue weighted by atomic mass is 10.1. The van der Waals surface area contributed by atoms with Gasteiger partial charge < -0.3 is 24.5 Å². The van der Waals surface area contributed by atoms with Crippen molar-refractivity contribution in [2.45, 2.75) is 13.3 Å². The normalized spacial score (nSPS) is 20.6. The lowest BCUT2D eigenvalue weighted by molar-refractivity contribution is -0.122. The average Bonchev–Trinajstić information content (AvgIpc) is 3.28. The Balaban J connectivity index is 1.39. The highest BCUT2D eigenvalue weighted by Crippen LogP contribution is 2.28. The van der Waals surface area contributed by atoms with Gasteiger partial charge in [-0.3, -0.25) is 9.59 Å². The van der Waals surface area contributed by atoms with Crippen LogP contribution in [0.2, 0.25) is 0 Å². The van der Waals surface area contributed by atoms with Gasteiger partial charge >= 0.3 is 0 Å². The second kappa shape index (κ2) is 7.63. The largest absolute Gasteiger partial charge is 0.369 e. The van der Waals surface area contributed by atoms with Crippen LogP contribution in [0.4, 0.5) is 17.2 Å². The minimum absolute atomic E-state index is 0.0381. The van der Waals surface area contributed by atoms with Crippen LogP contribution < -0.4 is 15.1 Å². The molecule has 0 bridgehead atoms. The molecule has 2 aliphatic heterocycles. The lowest BCUT2D eigenvalue weighted by Gasteiger charge is -2.34. The van der Waals surface area contributed by atoms with Gasteiger partial charge in [-0.2, -0.15) is 0 Å². The lowest BCUT2D eigenvalue weighted by Crippen LogP contribution is -2.44. The van der Waals surface area contributed by atoms with E-state index >= 15 is 0 Å². The van der Waals surface area contributed by atoms with Gasteiger partial charge in [0, 0.05) is 56.6 Å². The van der Waals surface area contributed by atoms with E-state index in [1.807, 2.05) is 12.1 Å². The summed E-state index contributed by atoms with van der Waals surface area (Å²) in [6.45, 7) is 6.23. The van der Waals surface area contributed by atoms with E-state index in [2.05, 4.69) is 39.5 Å². The Morgan fingerprint density at radius 1 is 1.14 bits per heavy atom. The van der Waals surface area contributed by atoms with Crippen molar-refractivity contribution in [3.63, 3.8) is 0 Å². The van der Waals surface area contributed by atoms with Crippen molar-refractivity contribution in [3.8, 4) is 0 Å². The van der Waals surface area contributed by atoms with Gasteiger partial charge in [-0.15, -0.1) is 0 Å². The van der Waals surface area contributed by atoms with Crippen LogP contribution in [0.15, 0.2) is 34.9 Å². The van der Waals surface area contributed by atoms with Crippen molar-refractivity contribution in [1.29, 1.82) is 0 Å². The fourth-order valence-electron chi connectivity index (χ4n) is 3.69. The molecule has 1 aromatic carbocycles. The van der Waals surface area contributed by atoms with Crippen molar-refractivity contribution in [2.75, 3.05) is 54.9 Å². The molecule has 1 atom stereocenters. The number of hydrogen-bond acceptors (Lipinski definition) is 6. The predicted molar refractivity (Wildman–Crippen MR) is 106 cm³/mol. The SMILES string of the molecule is Cc1cc(NC(=O)C2CC(=O)N(c3ccc(N4CCN(C)CC4)cc3)C2)no1. The first-order valence-electron chi connectivity index (χ1n) is 9.58. The Morgan fingerprint density at radius 3 is 2.46 bits per heavy atom. The van der Waals surface area contributed by atoms with Gasteiger partial charge in [-0.05, 0) is 38.2 Å². The summed E-state index contributed by atoms with van der Waals surface area (Å²) in [5.41, 5.74) is 2.00. The second-order valence-electron chi connectivity index (χ2n) is 7.52. The molecule has 0 radical (unpaired) electrons. The summed E-state index contributed by atoms with van der Waals surface area (Å²) in [5, 5.41) is 6.49. The molecule has 2 aromatic rings. The zero-order valence-corrected chi connectivity index (χ0v) is 16.2. The summed E-state index contributed by atoms with van der Waals surface area (Å²) in [6.07, 6.45) is 0.197. The highest BCUT2D eigenvalue weighted by molar-refractivity contribution is 6.03. The molecule has 2 fully saturated rings. The van der Waals surface area contributed by atoms with E-state index in [1.165, 1.54) is 5.69 Å². The summed E-state index contributed by atoms with van der Waals surface area (Å²) in [4.78, 5) is 31.3. The van der Waals surface area contributed by atoms with Gasteiger partial charge in [0.15, 0.2) is 5.82 Å². The van der Waals surface area contributed by atoms with Crippen LogP contribution in [0.25, 0.3) is 0 Å². The Kier molecular flexibility index (Phi) is 5.04. The molecule has 1 N–H and O–H groups in total. The first-order chi connectivity index (χ1) is 13.5. The summed E-state index contributed by atoms with van der Waals surface area (Å²) in [5.74, 6) is 0.355. The molecular weight excluding hydrogens is 358 g/mol. The van der Waals surface area contributed by atoms with E-state index < -0.39 is 5.92 Å². The maximum Gasteiger partial charge on any atom is 0.231 e. The Bertz CT molecular complexity index is 855. The molecule has 2 amide bonds. The van der Waals surface area contributed by atoms with E-state index in [9.17, 15) is 9.59 Å². The second-order valence-corrected chi connectivity index (χ2v) is 7.52. The number of aromatic nitrogens is 1. The summed E-state index contributed by atoms with van der Waals surface area (Å²) in [6, 6.07) is 9.70. The predicted octanol–water partition coefficient (Wildman–Crippen LogP) is 1.73. The van der Waals surface area contributed by atoms with Crippen LogP contribution in [-0.4, -0.2) is 61.6 Å². The first kappa shape index (κ1) is 18.5. The fraction of sp³-hybridized carbons (Fsp3) is 0.450. The van der Waals surface area contributed by atoms with E-state index in [4.69, 9.17) is 4.52 Å². The number of piperazine rings is 1. The van der Waals surface area contributed by atoms with E-state index in [0.717, 1.165) is 31.9 Å². The van der Waals surface area contributed by atoms with Gasteiger partial charge in [-0.1, -0.05) is 5.16 Å². The number of rotatable bonds is 4. The third-order valence-corrected chi connectivity index (χ3v) is 5.40. The van der Waals surface area contributed by atoms with Crippen LogP contribution >= 0.6 is 0 Å². The number of nitrogens with zero attached hydrogens (tertiary/aromatic N) is 4. The van der Waals surface area contributed by atoms with Gasteiger partial charge in [0.1, 0.15) is 5.76 Å². The quantitative estimate of drug-likeness (QED) is 0.866. The highest BCUT2D eigenvalue weighted by Gasteiger charge is 2.35. The molecule has 1 aromatic heterocycles. The number of likely N-dealkylation sites (N-methyl/N-ethyl adjacent to an activating group) is 1. The molecule has 0 aliphatic carbocycles. The Hall–Kier alpha value is -2.87. The molecule has 0 spiro atoms.